The maximum absolute atomic E-state index is 12.3. The summed E-state index contributed by atoms with van der Waals surface area (Å²) < 4.78 is 24.7. The van der Waals surface area contributed by atoms with E-state index in [0.717, 1.165) is 0 Å². The molecule has 0 radical (unpaired) electrons. The molecule has 0 aliphatic rings. The van der Waals surface area contributed by atoms with E-state index in [2.05, 4.69) is 0 Å². The number of benzene rings is 1. The summed E-state index contributed by atoms with van der Waals surface area (Å²) in [5.41, 5.74) is 6.07. The first kappa shape index (κ1) is 12.3. The van der Waals surface area contributed by atoms with Crippen LogP contribution in [0, 0.1) is 0 Å². The summed E-state index contributed by atoms with van der Waals surface area (Å²) in [7, 11) is 0. The van der Waals surface area contributed by atoms with E-state index in [0.29, 0.717) is 5.56 Å². The van der Waals surface area contributed by atoms with Gasteiger partial charge in [-0.05, 0) is 12.5 Å². The first-order valence-corrected chi connectivity index (χ1v) is 3.75. The maximum atomic E-state index is 12.3. The molecule has 0 heterocycles. The topological polar surface area (TPSA) is 26.0 Å². The van der Waals surface area contributed by atoms with Crippen molar-refractivity contribution in [3.8, 4) is 0 Å². The Morgan fingerprint density at radius 1 is 1.15 bits per heavy atom. The Hall–Kier alpha value is -0.670. The maximum Gasteiger partial charge on any atom is 0.264 e. The van der Waals surface area contributed by atoms with Gasteiger partial charge in [-0.2, -0.15) is 0 Å². The number of halogens is 3. The summed E-state index contributed by atoms with van der Waals surface area (Å²) in [6.45, 7) is 1.70. The summed E-state index contributed by atoms with van der Waals surface area (Å²) in [4.78, 5) is 0. The molecule has 0 bridgehead atoms. The monoisotopic (exact) mass is 207 g/mol. The molecular formula is C9H12ClF2N. The number of hydrogen-bond acceptors (Lipinski definition) is 1. The minimum Gasteiger partial charge on any atom is -0.324 e. The average molecular weight is 208 g/mol. The van der Waals surface area contributed by atoms with Gasteiger partial charge in [-0.3, -0.25) is 0 Å². The summed E-state index contributed by atoms with van der Waals surface area (Å²) in [6.07, 6.45) is -2.44. The second-order valence-electron chi connectivity index (χ2n) is 2.72. The fourth-order valence-electron chi connectivity index (χ4n) is 1.12. The van der Waals surface area contributed by atoms with E-state index in [1.54, 1.807) is 25.1 Å². The van der Waals surface area contributed by atoms with Gasteiger partial charge in [0.1, 0.15) is 0 Å². The van der Waals surface area contributed by atoms with Crippen molar-refractivity contribution < 1.29 is 8.78 Å². The highest BCUT2D eigenvalue weighted by atomic mass is 35.5. The number of nitrogens with two attached hydrogens (primary N) is 1. The molecule has 0 aliphatic heterocycles. The van der Waals surface area contributed by atoms with Crippen molar-refractivity contribution in [3.63, 3.8) is 0 Å². The van der Waals surface area contributed by atoms with Gasteiger partial charge >= 0.3 is 0 Å². The summed E-state index contributed by atoms with van der Waals surface area (Å²) in [5.74, 6) is 0. The van der Waals surface area contributed by atoms with Crippen molar-refractivity contribution >= 4 is 12.4 Å². The molecule has 1 nitrogen and oxygen atoms in total. The normalized spacial score (nSPS) is 12.4. The molecule has 0 amide bonds. The van der Waals surface area contributed by atoms with Crippen molar-refractivity contribution in [2.75, 3.05) is 0 Å². The lowest BCUT2D eigenvalue weighted by Gasteiger charge is -2.10. The van der Waals surface area contributed by atoms with Gasteiger partial charge in [-0.25, -0.2) is 8.78 Å². The smallest absolute Gasteiger partial charge is 0.264 e. The largest absolute Gasteiger partial charge is 0.324 e. The van der Waals surface area contributed by atoms with Crippen LogP contribution in [0.25, 0.3) is 0 Å². The van der Waals surface area contributed by atoms with Crippen LogP contribution in [0.4, 0.5) is 8.78 Å². The van der Waals surface area contributed by atoms with E-state index in [4.69, 9.17) is 5.73 Å². The van der Waals surface area contributed by atoms with Crippen LogP contribution < -0.4 is 5.73 Å². The van der Waals surface area contributed by atoms with Gasteiger partial charge in [0.05, 0.1) is 0 Å². The van der Waals surface area contributed by atoms with Crippen LogP contribution in [0.15, 0.2) is 24.3 Å². The lowest BCUT2D eigenvalue weighted by molar-refractivity contribution is 0.150. The van der Waals surface area contributed by atoms with Crippen LogP contribution in [0.2, 0.25) is 0 Å². The van der Waals surface area contributed by atoms with E-state index in [1.165, 1.54) is 6.07 Å². The molecule has 0 saturated heterocycles. The minimum atomic E-state index is -2.44. The molecule has 13 heavy (non-hydrogen) atoms. The number of rotatable bonds is 2. The van der Waals surface area contributed by atoms with Gasteiger partial charge in [0, 0.05) is 11.6 Å². The molecule has 0 saturated carbocycles. The highest BCUT2D eigenvalue weighted by Crippen LogP contribution is 2.25. The minimum absolute atomic E-state index is 0. The van der Waals surface area contributed by atoms with Crippen molar-refractivity contribution in [2.24, 2.45) is 5.73 Å². The Bertz CT molecular complexity index is 237. The van der Waals surface area contributed by atoms with E-state index in [9.17, 15) is 8.78 Å². The molecule has 1 aromatic rings. The second kappa shape index (κ2) is 5.14. The predicted molar refractivity (Wildman–Crippen MR) is 51.2 cm³/mol. The van der Waals surface area contributed by atoms with Crippen LogP contribution in [-0.4, -0.2) is 0 Å². The SMILES string of the molecule is C[C@@H](N)c1ccccc1C(F)F.Cl. The van der Waals surface area contributed by atoms with Crippen molar-refractivity contribution in [2.45, 2.75) is 19.4 Å². The fraction of sp³-hybridized carbons (Fsp3) is 0.333. The molecule has 0 spiro atoms. The number of hydrogen-bond donors (Lipinski definition) is 1. The summed E-state index contributed by atoms with van der Waals surface area (Å²) in [5, 5.41) is 0. The zero-order chi connectivity index (χ0) is 9.14. The third kappa shape index (κ3) is 2.94. The molecule has 2 N–H and O–H groups in total. The fourth-order valence-corrected chi connectivity index (χ4v) is 1.12. The standard InChI is InChI=1S/C9H11F2N.ClH/c1-6(12)7-4-2-3-5-8(7)9(10)11;/h2-6,9H,12H2,1H3;1H/t6-;/m1./s1. The van der Waals surface area contributed by atoms with Gasteiger partial charge in [0.15, 0.2) is 0 Å². The van der Waals surface area contributed by atoms with Crippen LogP contribution in [0.3, 0.4) is 0 Å². The molecule has 1 rings (SSSR count). The summed E-state index contributed by atoms with van der Waals surface area (Å²) in [6, 6.07) is 6.00. The van der Waals surface area contributed by atoms with E-state index in [1.807, 2.05) is 0 Å². The number of alkyl halides is 2. The molecule has 1 aromatic carbocycles. The van der Waals surface area contributed by atoms with Crippen LogP contribution in [0.5, 0.6) is 0 Å². The average Bonchev–Trinajstić information content (AvgIpc) is 2.04. The Morgan fingerprint density at radius 2 is 1.62 bits per heavy atom. The quantitative estimate of drug-likeness (QED) is 0.793. The lowest BCUT2D eigenvalue weighted by atomic mass is 10.0. The third-order valence-corrected chi connectivity index (χ3v) is 1.72. The third-order valence-electron chi connectivity index (χ3n) is 1.72. The van der Waals surface area contributed by atoms with Crippen molar-refractivity contribution in [3.05, 3.63) is 35.4 Å². The molecule has 0 unspecified atom stereocenters. The first-order valence-electron chi connectivity index (χ1n) is 3.75. The van der Waals surface area contributed by atoms with E-state index >= 15 is 0 Å². The predicted octanol–water partition coefficient (Wildman–Crippen LogP) is 3.07. The van der Waals surface area contributed by atoms with Crippen molar-refractivity contribution in [1.29, 1.82) is 0 Å². The molecule has 0 aromatic heterocycles. The lowest BCUT2D eigenvalue weighted by Crippen LogP contribution is -2.08. The molecule has 0 aliphatic carbocycles. The Kier molecular flexibility index (Phi) is 4.88. The van der Waals surface area contributed by atoms with Crippen LogP contribution in [-0.2, 0) is 0 Å². The van der Waals surface area contributed by atoms with Gasteiger partial charge in [-0.15, -0.1) is 12.4 Å². The van der Waals surface area contributed by atoms with E-state index < -0.39 is 6.43 Å². The Morgan fingerprint density at radius 3 is 1.92 bits per heavy atom. The van der Waals surface area contributed by atoms with Crippen molar-refractivity contribution in [1.82, 2.24) is 0 Å². The van der Waals surface area contributed by atoms with Gasteiger partial charge in [0.2, 0.25) is 0 Å². The van der Waals surface area contributed by atoms with Crippen LogP contribution in [0.1, 0.15) is 30.5 Å². The second-order valence-corrected chi connectivity index (χ2v) is 2.72. The Labute approximate surface area is 82.4 Å². The van der Waals surface area contributed by atoms with E-state index in [-0.39, 0.29) is 24.0 Å². The first-order chi connectivity index (χ1) is 5.63. The van der Waals surface area contributed by atoms with Crippen LogP contribution >= 0.6 is 12.4 Å². The molecule has 0 fully saturated rings. The van der Waals surface area contributed by atoms with Gasteiger partial charge in [0.25, 0.3) is 6.43 Å². The van der Waals surface area contributed by atoms with Gasteiger partial charge < -0.3 is 5.73 Å². The molecular weight excluding hydrogens is 196 g/mol. The zero-order valence-electron chi connectivity index (χ0n) is 7.21. The summed E-state index contributed by atoms with van der Waals surface area (Å²) >= 11 is 0. The van der Waals surface area contributed by atoms with Gasteiger partial charge in [-0.1, -0.05) is 24.3 Å². The zero-order valence-corrected chi connectivity index (χ0v) is 8.02. The highest BCUT2D eigenvalue weighted by Gasteiger charge is 2.13. The molecule has 4 heteroatoms. The molecule has 1 atom stereocenters. The Balaban J connectivity index is 0.00000144. The highest BCUT2D eigenvalue weighted by molar-refractivity contribution is 5.85. The molecule has 74 valence electrons.